The van der Waals surface area contributed by atoms with Crippen molar-refractivity contribution in [3.05, 3.63) is 23.3 Å². The van der Waals surface area contributed by atoms with Gasteiger partial charge in [0, 0.05) is 25.3 Å². The minimum absolute atomic E-state index is 0.525. The first-order valence-electron chi connectivity index (χ1n) is 7.97. The molecule has 4 nitrogen and oxygen atoms in total. The number of hydrogen-bond donors (Lipinski definition) is 1. The number of aryl methyl sites for hydroxylation is 1. The molecule has 1 aromatic rings. The van der Waals surface area contributed by atoms with Gasteiger partial charge in [-0.2, -0.15) is 4.31 Å². The largest absolute Gasteiger partial charge is 0.385 e. The Bertz CT molecular complexity index is 617. The second kappa shape index (κ2) is 5.97. The molecule has 0 aromatic heterocycles. The molecule has 0 saturated carbocycles. The molecule has 2 heterocycles. The van der Waals surface area contributed by atoms with Gasteiger partial charge in [-0.3, -0.25) is 0 Å². The average molecular weight is 308 g/mol. The first-order valence-corrected chi connectivity index (χ1v) is 9.41. The molecule has 1 N–H and O–H groups in total. The van der Waals surface area contributed by atoms with Crippen LogP contribution >= 0.6 is 0 Å². The maximum absolute atomic E-state index is 13.0. The summed E-state index contributed by atoms with van der Waals surface area (Å²) in [5, 5.41) is 3.38. The highest BCUT2D eigenvalue weighted by Gasteiger charge is 2.29. The summed E-state index contributed by atoms with van der Waals surface area (Å²) in [4.78, 5) is 0.525. The summed E-state index contributed by atoms with van der Waals surface area (Å²) < 4.78 is 27.7. The fourth-order valence-electron chi connectivity index (χ4n) is 3.38. The number of fused-ring (bicyclic) bond motifs is 1. The second-order valence-electron chi connectivity index (χ2n) is 6.08. The minimum atomic E-state index is -3.35. The lowest BCUT2D eigenvalue weighted by Gasteiger charge is -2.26. The highest BCUT2D eigenvalue weighted by Crippen LogP contribution is 2.33. The zero-order chi connectivity index (χ0) is 14.9. The molecule has 0 unspecified atom stereocenters. The molecule has 2 aliphatic heterocycles. The molecule has 0 amide bonds. The van der Waals surface area contributed by atoms with Crippen LogP contribution in [0.15, 0.2) is 17.0 Å². The summed E-state index contributed by atoms with van der Waals surface area (Å²) in [5.41, 5.74) is 3.17. The Morgan fingerprint density at radius 3 is 2.48 bits per heavy atom. The number of nitrogens with zero attached hydrogens (tertiary/aromatic N) is 1. The van der Waals surface area contributed by atoms with Crippen molar-refractivity contribution >= 4 is 15.7 Å². The first kappa shape index (κ1) is 14.9. The number of hydrogen-bond acceptors (Lipinski definition) is 3. The molecular formula is C16H24N2O2S. The van der Waals surface area contributed by atoms with Gasteiger partial charge in [-0.25, -0.2) is 8.42 Å². The van der Waals surface area contributed by atoms with Gasteiger partial charge in [0.05, 0.1) is 4.90 Å². The zero-order valence-corrected chi connectivity index (χ0v) is 13.5. The van der Waals surface area contributed by atoms with E-state index >= 15 is 0 Å². The van der Waals surface area contributed by atoms with E-state index in [1.807, 2.05) is 13.0 Å². The van der Waals surface area contributed by atoms with E-state index in [9.17, 15) is 8.42 Å². The molecule has 2 aliphatic rings. The van der Waals surface area contributed by atoms with Crippen LogP contribution < -0.4 is 5.32 Å². The van der Waals surface area contributed by atoms with E-state index in [0.717, 1.165) is 61.9 Å². The summed E-state index contributed by atoms with van der Waals surface area (Å²) in [6, 6.07) is 3.74. The predicted molar refractivity (Wildman–Crippen MR) is 85.2 cm³/mol. The Balaban J connectivity index is 2.02. The lowest BCUT2D eigenvalue weighted by Crippen LogP contribution is -2.33. The SMILES string of the molecule is Cc1ccc(S(=O)(=O)N2CCCCCC2)c2c1NCCC2. The van der Waals surface area contributed by atoms with Gasteiger partial charge in [0.2, 0.25) is 10.0 Å². The van der Waals surface area contributed by atoms with Crippen LogP contribution in [0.25, 0.3) is 0 Å². The second-order valence-corrected chi connectivity index (χ2v) is 7.99. The van der Waals surface area contributed by atoms with Crippen molar-refractivity contribution in [2.24, 2.45) is 0 Å². The van der Waals surface area contributed by atoms with Gasteiger partial charge in [0.1, 0.15) is 0 Å². The van der Waals surface area contributed by atoms with E-state index < -0.39 is 10.0 Å². The molecular weight excluding hydrogens is 284 g/mol. The smallest absolute Gasteiger partial charge is 0.243 e. The van der Waals surface area contributed by atoms with Crippen molar-refractivity contribution in [2.45, 2.75) is 50.3 Å². The van der Waals surface area contributed by atoms with E-state index in [1.165, 1.54) is 0 Å². The van der Waals surface area contributed by atoms with Gasteiger partial charge >= 0.3 is 0 Å². The van der Waals surface area contributed by atoms with Gasteiger partial charge in [-0.1, -0.05) is 18.9 Å². The van der Waals surface area contributed by atoms with Crippen LogP contribution in [0.4, 0.5) is 5.69 Å². The summed E-state index contributed by atoms with van der Waals surface area (Å²) >= 11 is 0. The molecule has 0 spiro atoms. The summed E-state index contributed by atoms with van der Waals surface area (Å²) in [7, 11) is -3.35. The molecule has 1 saturated heterocycles. The third-order valence-corrected chi connectivity index (χ3v) is 6.55. The van der Waals surface area contributed by atoms with Gasteiger partial charge in [0.25, 0.3) is 0 Å². The van der Waals surface area contributed by atoms with E-state index in [1.54, 1.807) is 10.4 Å². The van der Waals surface area contributed by atoms with Gasteiger partial charge in [-0.05, 0) is 49.8 Å². The minimum Gasteiger partial charge on any atom is -0.385 e. The molecule has 5 heteroatoms. The topological polar surface area (TPSA) is 49.4 Å². The molecule has 116 valence electrons. The molecule has 0 atom stereocenters. The maximum Gasteiger partial charge on any atom is 0.243 e. The van der Waals surface area contributed by atoms with Crippen LogP contribution in [0.5, 0.6) is 0 Å². The standard InChI is InChI=1S/C16H24N2O2S/c1-13-8-9-15(14-7-6-10-17-16(13)14)21(19,20)18-11-4-2-3-5-12-18/h8-9,17H,2-7,10-12H2,1H3. The van der Waals surface area contributed by atoms with Crippen molar-refractivity contribution in [3.8, 4) is 0 Å². The third-order valence-electron chi connectivity index (χ3n) is 4.57. The van der Waals surface area contributed by atoms with Crippen LogP contribution in [0.3, 0.4) is 0 Å². The molecule has 0 radical (unpaired) electrons. The van der Waals surface area contributed by atoms with Crippen LogP contribution in [-0.2, 0) is 16.4 Å². The van der Waals surface area contributed by atoms with Crippen LogP contribution in [0, 0.1) is 6.92 Å². The lowest BCUT2D eigenvalue weighted by molar-refractivity contribution is 0.423. The maximum atomic E-state index is 13.0. The van der Waals surface area contributed by atoms with E-state index in [-0.39, 0.29) is 0 Å². The Morgan fingerprint density at radius 2 is 1.76 bits per heavy atom. The van der Waals surface area contributed by atoms with Crippen LogP contribution in [-0.4, -0.2) is 32.4 Å². The highest BCUT2D eigenvalue weighted by molar-refractivity contribution is 7.89. The molecule has 0 bridgehead atoms. The fraction of sp³-hybridized carbons (Fsp3) is 0.625. The van der Waals surface area contributed by atoms with Gasteiger partial charge < -0.3 is 5.32 Å². The van der Waals surface area contributed by atoms with Crippen molar-refractivity contribution in [1.29, 1.82) is 0 Å². The quantitative estimate of drug-likeness (QED) is 0.914. The summed E-state index contributed by atoms with van der Waals surface area (Å²) in [6.45, 7) is 4.30. The van der Waals surface area contributed by atoms with Crippen molar-refractivity contribution in [2.75, 3.05) is 25.0 Å². The van der Waals surface area contributed by atoms with Crippen molar-refractivity contribution in [1.82, 2.24) is 4.31 Å². The third kappa shape index (κ3) is 2.81. The number of sulfonamides is 1. The molecule has 1 fully saturated rings. The summed E-state index contributed by atoms with van der Waals surface area (Å²) in [6.07, 6.45) is 6.08. The molecule has 1 aromatic carbocycles. The van der Waals surface area contributed by atoms with E-state index in [0.29, 0.717) is 18.0 Å². The summed E-state index contributed by atoms with van der Waals surface area (Å²) in [5.74, 6) is 0. The Morgan fingerprint density at radius 1 is 1.05 bits per heavy atom. The average Bonchev–Trinajstić information content (AvgIpc) is 2.77. The highest BCUT2D eigenvalue weighted by atomic mass is 32.2. The van der Waals surface area contributed by atoms with Gasteiger partial charge in [-0.15, -0.1) is 0 Å². The lowest BCUT2D eigenvalue weighted by atomic mass is 10.00. The fourth-order valence-corrected chi connectivity index (χ4v) is 5.15. The molecule has 21 heavy (non-hydrogen) atoms. The molecule has 3 rings (SSSR count). The number of anilines is 1. The molecule has 0 aliphatic carbocycles. The van der Waals surface area contributed by atoms with E-state index in [4.69, 9.17) is 0 Å². The Kier molecular flexibility index (Phi) is 4.22. The number of benzene rings is 1. The van der Waals surface area contributed by atoms with E-state index in [2.05, 4.69) is 5.32 Å². The Labute approximate surface area is 127 Å². The first-order chi connectivity index (χ1) is 10.1. The van der Waals surface area contributed by atoms with Gasteiger partial charge in [0.15, 0.2) is 0 Å². The Hall–Kier alpha value is -1.07. The van der Waals surface area contributed by atoms with Crippen LogP contribution in [0.1, 0.15) is 43.2 Å². The number of nitrogens with one attached hydrogen (secondary N) is 1. The zero-order valence-electron chi connectivity index (χ0n) is 12.7. The predicted octanol–water partition coefficient (Wildman–Crippen LogP) is 2.92. The van der Waals surface area contributed by atoms with Crippen LogP contribution in [0.2, 0.25) is 0 Å². The van der Waals surface area contributed by atoms with Crippen molar-refractivity contribution in [3.63, 3.8) is 0 Å². The monoisotopic (exact) mass is 308 g/mol. The number of rotatable bonds is 2. The normalized spacial score (nSPS) is 20.4. The van der Waals surface area contributed by atoms with Crippen molar-refractivity contribution < 1.29 is 8.42 Å².